The van der Waals surface area contributed by atoms with Crippen LogP contribution >= 0.6 is 0 Å². The van der Waals surface area contributed by atoms with Crippen LogP contribution in [0.25, 0.3) is 0 Å². The van der Waals surface area contributed by atoms with Crippen molar-refractivity contribution in [1.82, 2.24) is 0 Å². The molecular weight excluding hydrogens is 104 g/mol. The van der Waals surface area contributed by atoms with Crippen molar-refractivity contribution in [3.8, 4) is 0 Å². The smallest absolute Gasteiger partial charge is 0.146 e. The van der Waals surface area contributed by atoms with Gasteiger partial charge in [-0.05, 0) is 13.8 Å². The second kappa shape index (κ2) is 4.09. The van der Waals surface area contributed by atoms with E-state index in [2.05, 4.69) is 19.9 Å². The SMILES string of the molecule is CC(C)=CCO[SiH3]. The van der Waals surface area contributed by atoms with Crippen molar-refractivity contribution in [2.45, 2.75) is 13.8 Å². The Morgan fingerprint density at radius 3 is 2.43 bits per heavy atom. The maximum Gasteiger partial charge on any atom is 0.146 e. The molecule has 42 valence electrons. The van der Waals surface area contributed by atoms with Gasteiger partial charge in [0.2, 0.25) is 0 Å². The number of hydrogen-bond acceptors (Lipinski definition) is 1. The summed E-state index contributed by atoms with van der Waals surface area (Å²) in [6.45, 7) is 4.94. The van der Waals surface area contributed by atoms with Crippen LogP contribution < -0.4 is 0 Å². The fourth-order valence-electron chi connectivity index (χ4n) is 0.250. The lowest BCUT2D eigenvalue weighted by atomic mass is 10.3. The van der Waals surface area contributed by atoms with E-state index in [4.69, 9.17) is 4.43 Å². The molecule has 0 amide bonds. The maximum atomic E-state index is 4.92. The van der Waals surface area contributed by atoms with Crippen molar-refractivity contribution in [2.24, 2.45) is 0 Å². The Labute approximate surface area is 47.9 Å². The van der Waals surface area contributed by atoms with Crippen LogP contribution in [0, 0.1) is 0 Å². The molecule has 0 aliphatic heterocycles. The lowest BCUT2D eigenvalue weighted by Gasteiger charge is -1.88. The molecule has 0 aromatic heterocycles. The van der Waals surface area contributed by atoms with E-state index >= 15 is 0 Å². The molecule has 0 bridgehead atoms. The molecule has 0 aromatic carbocycles. The fraction of sp³-hybridized carbons (Fsp3) is 0.600. The van der Waals surface area contributed by atoms with Crippen LogP contribution in [0.5, 0.6) is 0 Å². The highest BCUT2D eigenvalue weighted by molar-refractivity contribution is 5.98. The van der Waals surface area contributed by atoms with Gasteiger partial charge >= 0.3 is 0 Å². The molecule has 2 heteroatoms. The van der Waals surface area contributed by atoms with Gasteiger partial charge in [0.15, 0.2) is 0 Å². The van der Waals surface area contributed by atoms with Gasteiger partial charge in [0, 0.05) is 0 Å². The normalized spacial score (nSPS) is 8.86. The first-order valence-corrected chi connectivity index (χ1v) is 3.21. The van der Waals surface area contributed by atoms with E-state index in [1.54, 1.807) is 0 Å². The lowest BCUT2D eigenvalue weighted by molar-refractivity contribution is 0.400. The van der Waals surface area contributed by atoms with Gasteiger partial charge in [-0.15, -0.1) is 0 Å². The van der Waals surface area contributed by atoms with E-state index in [-0.39, 0.29) is 0 Å². The summed E-state index contributed by atoms with van der Waals surface area (Å²) in [6, 6.07) is 0. The minimum absolute atomic E-state index is 0.800. The van der Waals surface area contributed by atoms with E-state index in [1.807, 2.05) is 0 Å². The summed E-state index contributed by atoms with van der Waals surface area (Å²) in [5, 5.41) is 0. The molecule has 0 aliphatic carbocycles. The molecule has 0 fully saturated rings. The molecule has 0 spiro atoms. The molecule has 7 heavy (non-hydrogen) atoms. The van der Waals surface area contributed by atoms with Crippen LogP contribution in [0.2, 0.25) is 0 Å². The zero-order valence-electron chi connectivity index (χ0n) is 5.19. The summed E-state index contributed by atoms with van der Waals surface area (Å²) in [5.74, 6) is 0. The molecule has 0 N–H and O–H groups in total. The van der Waals surface area contributed by atoms with Crippen LogP contribution in [0.4, 0.5) is 0 Å². The van der Waals surface area contributed by atoms with E-state index in [9.17, 15) is 0 Å². The summed E-state index contributed by atoms with van der Waals surface area (Å²) in [5.41, 5.74) is 1.33. The van der Waals surface area contributed by atoms with Crippen LogP contribution in [0.1, 0.15) is 13.8 Å². The first-order valence-electron chi connectivity index (χ1n) is 2.39. The van der Waals surface area contributed by atoms with Crippen molar-refractivity contribution in [3.63, 3.8) is 0 Å². The Morgan fingerprint density at radius 1 is 1.71 bits per heavy atom. The summed E-state index contributed by atoms with van der Waals surface area (Å²) in [4.78, 5) is 0. The van der Waals surface area contributed by atoms with Gasteiger partial charge in [0.1, 0.15) is 10.5 Å². The van der Waals surface area contributed by atoms with Crippen LogP contribution in [-0.2, 0) is 4.43 Å². The highest BCUT2D eigenvalue weighted by Gasteiger charge is 1.72. The molecule has 0 unspecified atom stereocenters. The zero-order chi connectivity index (χ0) is 5.70. The Kier molecular flexibility index (Phi) is 4.04. The Hall–Kier alpha value is -0.0831. The van der Waals surface area contributed by atoms with Crippen LogP contribution in [0.3, 0.4) is 0 Å². The molecule has 0 aromatic rings. The van der Waals surface area contributed by atoms with Gasteiger partial charge in [-0.25, -0.2) is 0 Å². The molecule has 0 radical (unpaired) electrons. The zero-order valence-corrected chi connectivity index (χ0v) is 7.19. The Bertz CT molecular complexity index is 64.5. The molecule has 0 saturated carbocycles. The first-order chi connectivity index (χ1) is 3.27. The summed E-state index contributed by atoms with van der Waals surface area (Å²) < 4.78 is 4.92. The van der Waals surface area contributed by atoms with E-state index < -0.39 is 0 Å². The van der Waals surface area contributed by atoms with E-state index in [0.29, 0.717) is 0 Å². The van der Waals surface area contributed by atoms with Gasteiger partial charge in [0.05, 0.1) is 6.61 Å². The highest BCUT2D eigenvalue weighted by atomic mass is 28.2. The number of rotatable bonds is 2. The monoisotopic (exact) mass is 116 g/mol. The van der Waals surface area contributed by atoms with Crippen LogP contribution in [0.15, 0.2) is 11.6 Å². The van der Waals surface area contributed by atoms with Crippen molar-refractivity contribution in [3.05, 3.63) is 11.6 Å². The molecule has 0 heterocycles. The molecular formula is C5H12OSi. The first kappa shape index (κ1) is 6.92. The van der Waals surface area contributed by atoms with Gasteiger partial charge in [-0.1, -0.05) is 11.6 Å². The quantitative estimate of drug-likeness (QED) is 0.371. The molecule has 0 aliphatic rings. The molecule has 1 nitrogen and oxygen atoms in total. The summed E-state index contributed by atoms with van der Waals surface area (Å²) in [7, 11) is 0.850. The van der Waals surface area contributed by atoms with Crippen molar-refractivity contribution >= 4 is 10.5 Å². The Balaban J connectivity index is 3.08. The van der Waals surface area contributed by atoms with Gasteiger partial charge in [-0.2, -0.15) is 0 Å². The van der Waals surface area contributed by atoms with Crippen molar-refractivity contribution < 1.29 is 4.43 Å². The maximum absolute atomic E-state index is 4.92. The topological polar surface area (TPSA) is 9.23 Å². The second-order valence-corrected chi connectivity index (χ2v) is 2.31. The third-order valence-electron chi connectivity index (χ3n) is 0.658. The second-order valence-electron chi connectivity index (χ2n) is 1.74. The summed E-state index contributed by atoms with van der Waals surface area (Å²) >= 11 is 0. The summed E-state index contributed by atoms with van der Waals surface area (Å²) in [6.07, 6.45) is 2.08. The Morgan fingerprint density at radius 2 is 2.29 bits per heavy atom. The average molecular weight is 116 g/mol. The van der Waals surface area contributed by atoms with E-state index in [1.165, 1.54) is 5.57 Å². The largest absolute Gasteiger partial charge is 0.424 e. The number of hydrogen-bond donors (Lipinski definition) is 0. The van der Waals surface area contributed by atoms with Crippen molar-refractivity contribution in [2.75, 3.05) is 6.61 Å². The van der Waals surface area contributed by atoms with Gasteiger partial charge in [-0.3, -0.25) is 0 Å². The third-order valence-corrected chi connectivity index (χ3v) is 0.992. The third kappa shape index (κ3) is 5.92. The minimum Gasteiger partial charge on any atom is -0.424 e. The van der Waals surface area contributed by atoms with Gasteiger partial charge in [0.25, 0.3) is 0 Å². The average Bonchev–Trinajstić information content (AvgIpc) is 1.61. The number of allylic oxidation sites excluding steroid dienone is 1. The molecule has 0 atom stereocenters. The minimum atomic E-state index is 0.800. The predicted octanol–water partition coefficient (Wildman–Crippen LogP) is 0.250. The molecule has 0 saturated heterocycles. The standard InChI is InChI=1S/C5H12OSi/c1-5(2)3-4-6-7/h3H,4H2,1-2,7H3. The lowest BCUT2D eigenvalue weighted by Crippen LogP contribution is -1.82. The molecule has 0 rings (SSSR count). The predicted molar refractivity (Wildman–Crippen MR) is 35.3 cm³/mol. The van der Waals surface area contributed by atoms with E-state index in [0.717, 1.165) is 17.1 Å². The van der Waals surface area contributed by atoms with Crippen LogP contribution in [-0.4, -0.2) is 17.1 Å². The van der Waals surface area contributed by atoms with Crippen molar-refractivity contribution in [1.29, 1.82) is 0 Å². The fourth-order valence-corrected chi connectivity index (χ4v) is 0.417. The van der Waals surface area contributed by atoms with Gasteiger partial charge < -0.3 is 4.43 Å². The highest BCUT2D eigenvalue weighted by Crippen LogP contribution is 1.85.